The maximum absolute atomic E-state index is 12.0. The molecule has 1 fully saturated rings. The van der Waals surface area contributed by atoms with E-state index in [1.807, 2.05) is 24.3 Å². The molecule has 21 heavy (non-hydrogen) atoms. The van der Waals surface area contributed by atoms with Crippen LogP contribution in [0.25, 0.3) is 0 Å². The molecule has 0 spiro atoms. The number of hydrogen-bond donors (Lipinski definition) is 1. The molecule has 114 valence electrons. The standard InChI is InChI=1S/C16H21ClN2OS/c1-12-8-10-19(11-9-12)16(21)18-15(20)7-6-13-4-2-3-5-14(13)17/h2-5,12H,6-11H2,1H3,(H,18,20,21). The monoisotopic (exact) mass is 324 g/mol. The van der Waals surface area contributed by atoms with Crippen molar-refractivity contribution >= 4 is 34.8 Å². The third-order valence-corrected chi connectivity index (χ3v) is 4.63. The van der Waals surface area contributed by atoms with Crippen molar-refractivity contribution in [3.63, 3.8) is 0 Å². The maximum Gasteiger partial charge on any atom is 0.226 e. The van der Waals surface area contributed by atoms with Gasteiger partial charge in [0.05, 0.1) is 0 Å². The van der Waals surface area contributed by atoms with Crippen molar-refractivity contribution < 1.29 is 4.79 Å². The lowest BCUT2D eigenvalue weighted by Crippen LogP contribution is -2.46. The van der Waals surface area contributed by atoms with E-state index in [0.717, 1.165) is 37.4 Å². The van der Waals surface area contributed by atoms with Crippen LogP contribution in [0.5, 0.6) is 0 Å². The lowest BCUT2D eigenvalue weighted by Gasteiger charge is -2.32. The van der Waals surface area contributed by atoms with Gasteiger partial charge in [-0.15, -0.1) is 0 Å². The van der Waals surface area contributed by atoms with Crippen molar-refractivity contribution in [1.29, 1.82) is 0 Å². The molecule has 0 unspecified atom stereocenters. The first-order valence-electron chi connectivity index (χ1n) is 7.38. The lowest BCUT2D eigenvalue weighted by atomic mass is 10.00. The number of amides is 1. The molecule has 1 amide bonds. The molecular weight excluding hydrogens is 304 g/mol. The second-order valence-electron chi connectivity index (χ2n) is 5.61. The van der Waals surface area contributed by atoms with Crippen molar-refractivity contribution in [3.8, 4) is 0 Å². The van der Waals surface area contributed by atoms with Gasteiger partial charge in [0.25, 0.3) is 0 Å². The fraction of sp³-hybridized carbons (Fsp3) is 0.500. The van der Waals surface area contributed by atoms with Gasteiger partial charge in [-0.1, -0.05) is 36.7 Å². The van der Waals surface area contributed by atoms with Gasteiger partial charge in [-0.2, -0.15) is 0 Å². The van der Waals surface area contributed by atoms with Crippen LogP contribution in [0.1, 0.15) is 31.7 Å². The first-order valence-corrected chi connectivity index (χ1v) is 8.17. The summed E-state index contributed by atoms with van der Waals surface area (Å²) in [7, 11) is 0. The molecule has 0 aromatic heterocycles. The summed E-state index contributed by atoms with van der Waals surface area (Å²) < 4.78 is 0. The number of halogens is 1. The number of nitrogens with zero attached hydrogens (tertiary/aromatic N) is 1. The summed E-state index contributed by atoms with van der Waals surface area (Å²) in [6.45, 7) is 4.12. The Morgan fingerprint density at radius 3 is 2.71 bits per heavy atom. The molecule has 0 radical (unpaired) electrons. The quantitative estimate of drug-likeness (QED) is 0.865. The predicted molar refractivity (Wildman–Crippen MR) is 90.5 cm³/mol. The SMILES string of the molecule is CC1CCN(C(=S)NC(=O)CCc2ccccc2Cl)CC1. The fourth-order valence-corrected chi connectivity index (χ4v) is 2.95. The molecule has 1 heterocycles. The van der Waals surface area contributed by atoms with E-state index in [2.05, 4.69) is 17.1 Å². The van der Waals surface area contributed by atoms with Crippen LogP contribution in [0.15, 0.2) is 24.3 Å². The third-order valence-electron chi connectivity index (χ3n) is 3.90. The Bertz CT molecular complexity index is 513. The van der Waals surface area contributed by atoms with Gasteiger partial charge < -0.3 is 10.2 Å². The molecule has 0 saturated carbocycles. The maximum atomic E-state index is 12.0. The zero-order valence-electron chi connectivity index (χ0n) is 12.3. The smallest absolute Gasteiger partial charge is 0.226 e. The van der Waals surface area contributed by atoms with Crippen LogP contribution in [0.2, 0.25) is 5.02 Å². The normalized spacial score (nSPS) is 15.8. The van der Waals surface area contributed by atoms with Crippen LogP contribution in [0, 0.1) is 5.92 Å². The molecule has 1 saturated heterocycles. The van der Waals surface area contributed by atoms with Crippen LogP contribution < -0.4 is 5.32 Å². The Balaban J connectivity index is 1.77. The van der Waals surface area contributed by atoms with Crippen molar-refractivity contribution in [3.05, 3.63) is 34.9 Å². The number of likely N-dealkylation sites (tertiary alicyclic amines) is 1. The molecule has 5 heteroatoms. The summed E-state index contributed by atoms with van der Waals surface area (Å²) >= 11 is 11.4. The second-order valence-corrected chi connectivity index (χ2v) is 6.41. The number of hydrogen-bond acceptors (Lipinski definition) is 2. The zero-order chi connectivity index (χ0) is 15.2. The highest BCUT2D eigenvalue weighted by Gasteiger charge is 2.19. The van der Waals surface area contributed by atoms with Gasteiger partial charge in [-0.25, -0.2) is 0 Å². The van der Waals surface area contributed by atoms with Crippen LogP contribution in [-0.2, 0) is 11.2 Å². The van der Waals surface area contributed by atoms with Crippen LogP contribution in [0.3, 0.4) is 0 Å². The second kappa shape index (κ2) is 7.76. The largest absolute Gasteiger partial charge is 0.349 e. The van der Waals surface area contributed by atoms with E-state index in [1.54, 1.807) is 0 Å². The number of nitrogens with one attached hydrogen (secondary N) is 1. The van der Waals surface area contributed by atoms with Gasteiger partial charge in [0, 0.05) is 24.5 Å². The number of carbonyl (C=O) groups is 1. The molecule has 1 aromatic rings. The number of thiocarbonyl (C=S) groups is 1. The molecule has 1 aliphatic heterocycles. The number of aryl methyl sites for hydroxylation is 1. The van der Waals surface area contributed by atoms with Gasteiger partial charge >= 0.3 is 0 Å². The summed E-state index contributed by atoms with van der Waals surface area (Å²) in [6, 6.07) is 7.60. The molecule has 2 rings (SSSR count). The highest BCUT2D eigenvalue weighted by Crippen LogP contribution is 2.17. The predicted octanol–water partition coefficient (Wildman–Crippen LogP) is 3.41. The molecule has 0 aliphatic carbocycles. The number of rotatable bonds is 3. The van der Waals surface area contributed by atoms with Gasteiger partial charge in [-0.05, 0) is 49.0 Å². The Kier molecular flexibility index (Phi) is 6.00. The zero-order valence-corrected chi connectivity index (χ0v) is 13.8. The molecule has 0 bridgehead atoms. The summed E-state index contributed by atoms with van der Waals surface area (Å²) in [6.07, 6.45) is 3.30. The van der Waals surface area contributed by atoms with Crippen LogP contribution in [-0.4, -0.2) is 29.0 Å². The minimum absolute atomic E-state index is 0.0430. The van der Waals surface area contributed by atoms with Gasteiger partial charge in [0.1, 0.15) is 0 Å². The van der Waals surface area contributed by atoms with Crippen LogP contribution in [0.4, 0.5) is 0 Å². The molecule has 1 aliphatic rings. The summed E-state index contributed by atoms with van der Waals surface area (Å²) in [5, 5.41) is 4.10. The number of benzene rings is 1. The molecular formula is C16H21ClN2OS. The molecule has 1 N–H and O–H groups in total. The average molecular weight is 325 g/mol. The Labute approximate surface area is 136 Å². The highest BCUT2D eigenvalue weighted by molar-refractivity contribution is 7.80. The summed E-state index contributed by atoms with van der Waals surface area (Å²) in [5.74, 6) is 0.707. The molecule has 0 atom stereocenters. The van der Waals surface area contributed by atoms with E-state index in [1.165, 1.54) is 0 Å². The van der Waals surface area contributed by atoms with E-state index in [4.69, 9.17) is 23.8 Å². The van der Waals surface area contributed by atoms with E-state index in [0.29, 0.717) is 23.0 Å². The third kappa shape index (κ3) is 4.97. The van der Waals surface area contributed by atoms with E-state index in [-0.39, 0.29) is 5.91 Å². The Morgan fingerprint density at radius 2 is 2.05 bits per heavy atom. The van der Waals surface area contributed by atoms with Crippen molar-refractivity contribution in [2.45, 2.75) is 32.6 Å². The van der Waals surface area contributed by atoms with Gasteiger partial charge in [0.15, 0.2) is 5.11 Å². The van der Waals surface area contributed by atoms with E-state index in [9.17, 15) is 4.79 Å². The summed E-state index contributed by atoms with van der Waals surface area (Å²) in [4.78, 5) is 14.1. The Morgan fingerprint density at radius 1 is 1.38 bits per heavy atom. The number of carbonyl (C=O) groups excluding carboxylic acids is 1. The van der Waals surface area contributed by atoms with Gasteiger partial charge in [0.2, 0.25) is 5.91 Å². The van der Waals surface area contributed by atoms with E-state index < -0.39 is 0 Å². The highest BCUT2D eigenvalue weighted by atomic mass is 35.5. The summed E-state index contributed by atoms with van der Waals surface area (Å²) in [5.41, 5.74) is 0.993. The number of piperidine rings is 1. The topological polar surface area (TPSA) is 32.3 Å². The molecule has 3 nitrogen and oxygen atoms in total. The minimum atomic E-state index is -0.0430. The Hall–Kier alpha value is -1.13. The van der Waals surface area contributed by atoms with Gasteiger partial charge in [-0.3, -0.25) is 4.79 Å². The van der Waals surface area contributed by atoms with Crippen molar-refractivity contribution in [1.82, 2.24) is 10.2 Å². The first-order chi connectivity index (χ1) is 10.1. The fourth-order valence-electron chi connectivity index (χ4n) is 2.42. The van der Waals surface area contributed by atoms with Crippen molar-refractivity contribution in [2.75, 3.05) is 13.1 Å². The average Bonchev–Trinajstić information content (AvgIpc) is 2.47. The lowest BCUT2D eigenvalue weighted by molar-refractivity contribution is -0.119. The minimum Gasteiger partial charge on any atom is -0.349 e. The first kappa shape index (κ1) is 16.2. The van der Waals surface area contributed by atoms with Crippen LogP contribution >= 0.6 is 23.8 Å². The van der Waals surface area contributed by atoms with Crippen molar-refractivity contribution in [2.24, 2.45) is 5.92 Å². The molecule has 1 aromatic carbocycles. The van der Waals surface area contributed by atoms with E-state index >= 15 is 0 Å².